The molecule has 0 radical (unpaired) electrons. The van der Waals surface area contributed by atoms with Crippen LogP contribution in [0, 0.1) is 11.3 Å². The minimum atomic E-state index is -4.46. The second-order valence-electron chi connectivity index (χ2n) is 3.02. The lowest BCUT2D eigenvalue weighted by atomic mass is 10.1. The van der Waals surface area contributed by atoms with Crippen molar-refractivity contribution in [3.8, 4) is 6.07 Å². The zero-order valence-corrected chi connectivity index (χ0v) is 8.86. The van der Waals surface area contributed by atoms with E-state index in [-0.39, 0.29) is 23.7 Å². The molecule has 0 unspecified atom stereocenters. The van der Waals surface area contributed by atoms with Gasteiger partial charge < -0.3 is 5.32 Å². The fourth-order valence-electron chi connectivity index (χ4n) is 1.16. The molecule has 1 aromatic carbocycles. The maximum Gasteiger partial charge on any atom is 0.418 e. The van der Waals surface area contributed by atoms with E-state index in [4.69, 9.17) is 16.9 Å². The molecule has 0 aliphatic carbocycles. The summed E-state index contributed by atoms with van der Waals surface area (Å²) in [5.41, 5.74) is -0.884. The van der Waals surface area contributed by atoms with Crippen LogP contribution in [0.25, 0.3) is 0 Å². The Labute approximate surface area is 95.6 Å². The van der Waals surface area contributed by atoms with Gasteiger partial charge in [0.1, 0.15) is 0 Å². The molecule has 0 amide bonds. The number of nitrogens with zero attached hydrogens (tertiary/aromatic N) is 1. The van der Waals surface area contributed by atoms with Crippen molar-refractivity contribution in [1.82, 2.24) is 0 Å². The van der Waals surface area contributed by atoms with E-state index in [1.54, 1.807) is 0 Å². The SMILES string of the molecule is N#CCCNc1ccc(Cl)cc1C(F)(F)F. The summed E-state index contributed by atoms with van der Waals surface area (Å²) in [6.07, 6.45) is -4.32. The van der Waals surface area contributed by atoms with Gasteiger partial charge in [-0.1, -0.05) is 11.6 Å². The van der Waals surface area contributed by atoms with Crippen LogP contribution in [0.4, 0.5) is 18.9 Å². The monoisotopic (exact) mass is 248 g/mol. The second-order valence-corrected chi connectivity index (χ2v) is 3.46. The van der Waals surface area contributed by atoms with Crippen molar-refractivity contribution in [3.05, 3.63) is 28.8 Å². The van der Waals surface area contributed by atoms with E-state index in [1.165, 1.54) is 12.1 Å². The van der Waals surface area contributed by atoms with Crippen LogP contribution in [0.3, 0.4) is 0 Å². The summed E-state index contributed by atoms with van der Waals surface area (Å²) in [4.78, 5) is 0. The first-order valence-corrected chi connectivity index (χ1v) is 4.80. The van der Waals surface area contributed by atoms with Crippen molar-refractivity contribution < 1.29 is 13.2 Å². The van der Waals surface area contributed by atoms with E-state index in [0.29, 0.717) is 0 Å². The van der Waals surface area contributed by atoms with E-state index in [1.807, 2.05) is 6.07 Å². The van der Waals surface area contributed by atoms with Crippen molar-refractivity contribution in [3.63, 3.8) is 0 Å². The Morgan fingerprint density at radius 3 is 2.62 bits per heavy atom. The zero-order chi connectivity index (χ0) is 12.2. The molecule has 0 spiro atoms. The van der Waals surface area contributed by atoms with Crippen LogP contribution >= 0.6 is 11.6 Å². The van der Waals surface area contributed by atoms with Crippen molar-refractivity contribution in [2.75, 3.05) is 11.9 Å². The summed E-state index contributed by atoms with van der Waals surface area (Å²) in [7, 11) is 0. The number of halogens is 4. The number of hydrogen-bond acceptors (Lipinski definition) is 2. The van der Waals surface area contributed by atoms with Crippen LogP contribution in [0.1, 0.15) is 12.0 Å². The third-order valence-electron chi connectivity index (χ3n) is 1.84. The smallest absolute Gasteiger partial charge is 0.384 e. The molecule has 2 nitrogen and oxygen atoms in total. The highest BCUT2D eigenvalue weighted by Crippen LogP contribution is 2.36. The predicted octanol–water partition coefficient (Wildman–Crippen LogP) is 3.68. The molecule has 1 rings (SSSR count). The molecule has 1 N–H and O–H groups in total. The Morgan fingerprint density at radius 1 is 1.38 bits per heavy atom. The second kappa shape index (κ2) is 5.08. The highest BCUT2D eigenvalue weighted by Gasteiger charge is 2.33. The number of hydrogen-bond donors (Lipinski definition) is 1. The molecule has 16 heavy (non-hydrogen) atoms. The van der Waals surface area contributed by atoms with Crippen LogP contribution in [0.15, 0.2) is 18.2 Å². The summed E-state index contributed by atoms with van der Waals surface area (Å²) < 4.78 is 37.7. The van der Waals surface area contributed by atoms with Gasteiger partial charge >= 0.3 is 6.18 Å². The minimum absolute atomic E-state index is 0.0261. The van der Waals surface area contributed by atoms with Crippen molar-refractivity contribution in [1.29, 1.82) is 5.26 Å². The number of nitriles is 1. The highest BCUT2D eigenvalue weighted by atomic mass is 35.5. The average Bonchev–Trinajstić information content (AvgIpc) is 2.19. The average molecular weight is 249 g/mol. The Morgan fingerprint density at radius 2 is 2.06 bits per heavy atom. The summed E-state index contributed by atoms with van der Waals surface area (Å²) in [5, 5.41) is 10.9. The first-order chi connectivity index (χ1) is 7.45. The molecular formula is C10H8ClF3N2. The molecule has 86 valence electrons. The molecule has 0 heterocycles. The first kappa shape index (κ1) is 12.7. The highest BCUT2D eigenvalue weighted by molar-refractivity contribution is 6.30. The molecule has 1 aromatic rings. The van der Waals surface area contributed by atoms with Gasteiger partial charge in [0.05, 0.1) is 18.1 Å². The molecule has 0 atom stereocenters. The molecule has 6 heteroatoms. The van der Waals surface area contributed by atoms with Crippen LogP contribution < -0.4 is 5.32 Å². The minimum Gasteiger partial charge on any atom is -0.384 e. The number of nitrogens with one attached hydrogen (secondary N) is 1. The van der Waals surface area contributed by atoms with E-state index in [0.717, 1.165) is 6.07 Å². The quantitative estimate of drug-likeness (QED) is 0.828. The third kappa shape index (κ3) is 3.31. The lowest BCUT2D eigenvalue weighted by Crippen LogP contribution is -2.11. The molecule has 0 aliphatic rings. The molecule has 0 saturated carbocycles. The van der Waals surface area contributed by atoms with Gasteiger partial charge in [0, 0.05) is 17.3 Å². The Kier molecular flexibility index (Phi) is 4.02. The normalized spacial score (nSPS) is 10.9. The fraction of sp³-hybridized carbons (Fsp3) is 0.300. The van der Waals surface area contributed by atoms with E-state index in [2.05, 4.69) is 5.32 Å². The van der Waals surface area contributed by atoms with Crippen molar-refractivity contribution in [2.45, 2.75) is 12.6 Å². The van der Waals surface area contributed by atoms with Gasteiger partial charge in [-0.05, 0) is 18.2 Å². The molecule has 0 bridgehead atoms. The van der Waals surface area contributed by atoms with Crippen molar-refractivity contribution in [2.24, 2.45) is 0 Å². The van der Waals surface area contributed by atoms with Crippen molar-refractivity contribution >= 4 is 17.3 Å². The zero-order valence-electron chi connectivity index (χ0n) is 8.11. The number of anilines is 1. The summed E-state index contributed by atoms with van der Waals surface area (Å²) in [5.74, 6) is 0. The Balaban J connectivity index is 2.95. The number of alkyl halides is 3. The van der Waals surface area contributed by atoms with Crippen LogP contribution in [-0.4, -0.2) is 6.54 Å². The number of benzene rings is 1. The Bertz CT molecular complexity index is 410. The summed E-state index contributed by atoms with van der Waals surface area (Å²) in [6.45, 7) is 0.168. The standard InChI is InChI=1S/C10H8ClF3N2/c11-7-2-3-9(16-5-1-4-15)8(6-7)10(12,13)14/h2-3,6,16H,1,5H2. The molecule has 0 fully saturated rings. The predicted molar refractivity (Wildman–Crippen MR) is 55.2 cm³/mol. The maximum atomic E-state index is 12.6. The maximum absolute atomic E-state index is 12.6. The topological polar surface area (TPSA) is 35.8 Å². The van der Waals surface area contributed by atoms with E-state index < -0.39 is 11.7 Å². The largest absolute Gasteiger partial charge is 0.418 e. The first-order valence-electron chi connectivity index (χ1n) is 4.42. The van der Waals surface area contributed by atoms with E-state index >= 15 is 0 Å². The lowest BCUT2D eigenvalue weighted by molar-refractivity contribution is -0.136. The molecule has 0 saturated heterocycles. The number of rotatable bonds is 3. The van der Waals surface area contributed by atoms with Crippen LogP contribution in [0.2, 0.25) is 5.02 Å². The molecule has 0 aromatic heterocycles. The Hall–Kier alpha value is -1.41. The third-order valence-corrected chi connectivity index (χ3v) is 2.07. The van der Waals surface area contributed by atoms with Gasteiger partial charge in [-0.3, -0.25) is 0 Å². The lowest BCUT2D eigenvalue weighted by Gasteiger charge is -2.14. The van der Waals surface area contributed by atoms with Gasteiger partial charge in [-0.15, -0.1) is 0 Å². The van der Waals surface area contributed by atoms with Crippen LogP contribution in [0.5, 0.6) is 0 Å². The molecule has 0 aliphatic heterocycles. The van der Waals surface area contributed by atoms with E-state index in [9.17, 15) is 13.2 Å². The van der Waals surface area contributed by atoms with Gasteiger partial charge in [-0.25, -0.2) is 0 Å². The molecular weight excluding hydrogens is 241 g/mol. The van der Waals surface area contributed by atoms with Gasteiger partial charge in [-0.2, -0.15) is 18.4 Å². The summed E-state index contributed by atoms with van der Waals surface area (Å²) >= 11 is 5.50. The van der Waals surface area contributed by atoms with Gasteiger partial charge in [0.25, 0.3) is 0 Å². The fourth-order valence-corrected chi connectivity index (χ4v) is 1.33. The van der Waals surface area contributed by atoms with Crippen LogP contribution in [-0.2, 0) is 6.18 Å². The summed E-state index contributed by atoms with van der Waals surface area (Å²) in [6, 6.07) is 5.31. The van der Waals surface area contributed by atoms with Gasteiger partial charge in [0.15, 0.2) is 0 Å². The van der Waals surface area contributed by atoms with Gasteiger partial charge in [0.2, 0.25) is 0 Å².